The van der Waals surface area contributed by atoms with Crippen LogP contribution in [0, 0.1) is 0 Å². The summed E-state index contributed by atoms with van der Waals surface area (Å²) in [5.41, 5.74) is 5.61. The number of aromatic nitrogens is 1. The lowest BCUT2D eigenvalue weighted by Gasteiger charge is -2.23. The molecule has 0 radical (unpaired) electrons. The van der Waals surface area contributed by atoms with Crippen LogP contribution in [0.15, 0.2) is 23.2 Å². The number of aliphatic hydroxyl groups excluding tert-OH is 1. The predicted molar refractivity (Wildman–Crippen MR) is 74.1 cm³/mol. The molecule has 2 rings (SSSR count). The van der Waals surface area contributed by atoms with Crippen LogP contribution >= 0.6 is 12.2 Å². The maximum absolute atomic E-state index is 12.6. The first kappa shape index (κ1) is 14.3. The Balaban J connectivity index is 2.48. The molecular formula is C11H15N3O3S2. The van der Waals surface area contributed by atoms with Crippen LogP contribution in [-0.2, 0) is 10.0 Å². The number of nitrogens with two attached hydrogens (primary N) is 1. The van der Waals surface area contributed by atoms with Crippen LogP contribution in [0.4, 0.5) is 0 Å². The van der Waals surface area contributed by atoms with E-state index in [1.165, 1.54) is 22.6 Å². The molecule has 1 aliphatic heterocycles. The number of sulfonamides is 1. The molecule has 0 aliphatic carbocycles. The summed E-state index contributed by atoms with van der Waals surface area (Å²) in [6.07, 6.45) is 2.83. The Kier molecular flexibility index (Phi) is 4.14. The average molecular weight is 301 g/mol. The lowest BCUT2D eigenvalue weighted by atomic mass is 10.2. The van der Waals surface area contributed by atoms with Crippen LogP contribution in [0.1, 0.15) is 18.5 Å². The van der Waals surface area contributed by atoms with Crippen LogP contribution in [0.25, 0.3) is 0 Å². The van der Waals surface area contributed by atoms with Crippen LogP contribution in [-0.4, -0.2) is 47.0 Å². The summed E-state index contributed by atoms with van der Waals surface area (Å²) in [7, 11) is -3.73. The number of nitrogens with zero attached hydrogens (tertiary/aromatic N) is 2. The van der Waals surface area contributed by atoms with Gasteiger partial charge in [-0.1, -0.05) is 12.2 Å². The topological polar surface area (TPSA) is 96.5 Å². The number of hydrogen-bond acceptors (Lipinski definition) is 5. The Morgan fingerprint density at radius 2 is 2.37 bits per heavy atom. The molecule has 0 aromatic carbocycles. The van der Waals surface area contributed by atoms with Crippen molar-refractivity contribution in [2.75, 3.05) is 13.2 Å². The number of hydrogen-bond donors (Lipinski definition) is 2. The Morgan fingerprint density at radius 3 is 3.00 bits per heavy atom. The minimum atomic E-state index is -3.73. The van der Waals surface area contributed by atoms with Crippen molar-refractivity contribution in [3.63, 3.8) is 0 Å². The first-order valence-corrected chi connectivity index (χ1v) is 7.71. The standard InChI is InChI=1S/C11H15N3O3S2/c12-11(18)10-9(4-1-5-13-10)19(16,17)14-6-2-3-8(14)7-15/h1,4-5,8,15H,2-3,6-7H2,(H2,12,18). The van der Waals surface area contributed by atoms with Gasteiger partial charge in [0.2, 0.25) is 10.0 Å². The van der Waals surface area contributed by atoms with Crippen molar-refractivity contribution in [3.05, 3.63) is 24.0 Å². The molecule has 19 heavy (non-hydrogen) atoms. The van der Waals surface area contributed by atoms with E-state index in [-0.39, 0.29) is 28.2 Å². The highest BCUT2D eigenvalue weighted by Crippen LogP contribution is 2.26. The van der Waals surface area contributed by atoms with Gasteiger partial charge in [0.25, 0.3) is 0 Å². The lowest BCUT2D eigenvalue weighted by Crippen LogP contribution is -2.38. The van der Waals surface area contributed by atoms with Gasteiger partial charge in [-0.15, -0.1) is 0 Å². The van der Waals surface area contributed by atoms with E-state index in [0.29, 0.717) is 13.0 Å². The van der Waals surface area contributed by atoms with E-state index in [1.54, 1.807) is 0 Å². The molecule has 1 unspecified atom stereocenters. The SMILES string of the molecule is NC(=S)c1ncccc1S(=O)(=O)N1CCCC1CO. The summed E-state index contributed by atoms with van der Waals surface area (Å²) < 4.78 is 26.5. The van der Waals surface area contributed by atoms with E-state index in [2.05, 4.69) is 4.98 Å². The molecule has 8 heteroatoms. The van der Waals surface area contributed by atoms with Gasteiger partial charge >= 0.3 is 0 Å². The fourth-order valence-corrected chi connectivity index (χ4v) is 4.29. The average Bonchev–Trinajstić information content (AvgIpc) is 2.87. The van der Waals surface area contributed by atoms with Gasteiger partial charge in [-0.25, -0.2) is 8.42 Å². The fraction of sp³-hybridized carbons (Fsp3) is 0.455. The van der Waals surface area contributed by atoms with Gasteiger partial charge in [0.15, 0.2) is 0 Å². The zero-order valence-electron chi connectivity index (χ0n) is 10.2. The molecule has 1 atom stereocenters. The molecule has 6 nitrogen and oxygen atoms in total. The molecule has 1 aliphatic rings. The van der Waals surface area contributed by atoms with Crippen LogP contribution < -0.4 is 5.73 Å². The second-order valence-corrected chi connectivity index (χ2v) is 6.61. The maximum Gasteiger partial charge on any atom is 0.245 e. The van der Waals surface area contributed by atoms with Gasteiger partial charge < -0.3 is 10.8 Å². The van der Waals surface area contributed by atoms with Gasteiger partial charge in [0, 0.05) is 18.8 Å². The highest BCUT2D eigenvalue weighted by molar-refractivity contribution is 7.89. The Hall–Kier alpha value is -1.09. The minimum absolute atomic E-state index is 0.00264. The molecule has 2 heterocycles. The highest BCUT2D eigenvalue weighted by atomic mass is 32.2. The third-order valence-corrected chi connectivity index (χ3v) is 5.30. The van der Waals surface area contributed by atoms with E-state index < -0.39 is 10.0 Å². The zero-order chi connectivity index (χ0) is 14.0. The normalized spacial score (nSPS) is 20.6. The largest absolute Gasteiger partial charge is 0.395 e. The van der Waals surface area contributed by atoms with Crippen molar-refractivity contribution >= 4 is 27.2 Å². The smallest absolute Gasteiger partial charge is 0.245 e. The van der Waals surface area contributed by atoms with E-state index in [4.69, 9.17) is 18.0 Å². The van der Waals surface area contributed by atoms with Crippen molar-refractivity contribution < 1.29 is 13.5 Å². The molecule has 1 saturated heterocycles. The molecule has 1 aromatic rings. The molecule has 0 bridgehead atoms. The van der Waals surface area contributed by atoms with Crippen LogP contribution in [0.5, 0.6) is 0 Å². The summed E-state index contributed by atoms with van der Waals surface area (Å²) in [5, 5.41) is 9.25. The molecule has 1 fully saturated rings. The number of rotatable bonds is 4. The van der Waals surface area contributed by atoms with E-state index in [0.717, 1.165) is 6.42 Å². The van der Waals surface area contributed by atoms with Gasteiger partial charge in [-0.2, -0.15) is 4.31 Å². The Bertz CT molecular complexity index is 589. The first-order valence-electron chi connectivity index (χ1n) is 5.86. The maximum atomic E-state index is 12.6. The molecule has 104 valence electrons. The predicted octanol–water partition coefficient (Wildman–Crippen LogP) is -0.139. The van der Waals surface area contributed by atoms with Gasteiger partial charge in [-0.3, -0.25) is 4.98 Å². The second kappa shape index (κ2) is 5.49. The summed E-state index contributed by atoms with van der Waals surface area (Å²) in [6.45, 7) is 0.196. The lowest BCUT2D eigenvalue weighted by molar-refractivity contribution is 0.213. The van der Waals surface area contributed by atoms with Crippen molar-refractivity contribution in [1.29, 1.82) is 0 Å². The van der Waals surface area contributed by atoms with Gasteiger partial charge in [0.1, 0.15) is 15.6 Å². The molecular weight excluding hydrogens is 286 g/mol. The Labute approximate surface area is 117 Å². The number of aliphatic hydroxyl groups is 1. The first-order chi connectivity index (χ1) is 8.98. The van der Waals surface area contributed by atoms with E-state index in [9.17, 15) is 13.5 Å². The highest BCUT2D eigenvalue weighted by Gasteiger charge is 2.36. The molecule has 0 amide bonds. The van der Waals surface area contributed by atoms with Crippen molar-refractivity contribution in [1.82, 2.24) is 9.29 Å². The van der Waals surface area contributed by atoms with Crippen molar-refractivity contribution in [2.24, 2.45) is 5.73 Å². The summed E-state index contributed by atoms with van der Waals surface area (Å²) in [5.74, 6) is 0. The Morgan fingerprint density at radius 1 is 1.63 bits per heavy atom. The summed E-state index contributed by atoms with van der Waals surface area (Å²) in [6, 6.07) is 2.58. The van der Waals surface area contributed by atoms with Crippen LogP contribution in [0.2, 0.25) is 0 Å². The van der Waals surface area contributed by atoms with Gasteiger partial charge in [0.05, 0.1) is 6.61 Å². The zero-order valence-corrected chi connectivity index (χ0v) is 11.8. The minimum Gasteiger partial charge on any atom is -0.395 e. The fourth-order valence-electron chi connectivity index (χ4n) is 2.22. The third kappa shape index (κ3) is 2.62. The number of pyridine rings is 1. The molecule has 3 N–H and O–H groups in total. The summed E-state index contributed by atoms with van der Waals surface area (Å²) in [4.78, 5) is 3.88. The summed E-state index contributed by atoms with van der Waals surface area (Å²) >= 11 is 4.83. The van der Waals surface area contributed by atoms with Crippen molar-refractivity contribution in [3.8, 4) is 0 Å². The van der Waals surface area contributed by atoms with E-state index >= 15 is 0 Å². The van der Waals surface area contributed by atoms with Crippen molar-refractivity contribution in [2.45, 2.75) is 23.8 Å². The van der Waals surface area contributed by atoms with Gasteiger partial charge in [-0.05, 0) is 25.0 Å². The number of thiocarbonyl (C=S) groups is 1. The van der Waals surface area contributed by atoms with Crippen LogP contribution in [0.3, 0.4) is 0 Å². The third-order valence-electron chi connectivity index (χ3n) is 3.12. The quantitative estimate of drug-likeness (QED) is 0.752. The molecule has 0 spiro atoms. The second-order valence-electron chi connectivity index (χ2n) is 4.31. The van der Waals surface area contributed by atoms with E-state index in [1.807, 2.05) is 0 Å². The molecule has 0 saturated carbocycles. The monoisotopic (exact) mass is 301 g/mol. The molecule has 1 aromatic heterocycles.